The highest BCUT2D eigenvalue weighted by Gasteiger charge is 2.28. The minimum Gasteiger partial charge on any atom is -0.444 e. The van der Waals surface area contributed by atoms with Crippen LogP contribution in [0.1, 0.15) is 54.3 Å². The Morgan fingerprint density at radius 3 is 2.37 bits per heavy atom. The van der Waals surface area contributed by atoms with Crippen molar-refractivity contribution in [2.75, 3.05) is 32.7 Å². The van der Waals surface area contributed by atoms with Crippen LogP contribution in [0.15, 0.2) is 35.9 Å². The number of aliphatic hydroxyl groups excluding tert-OH is 1. The van der Waals surface area contributed by atoms with Crippen molar-refractivity contribution >= 4 is 17.7 Å². The number of carbonyl (C=O) groups is 3. The van der Waals surface area contributed by atoms with E-state index in [0.29, 0.717) is 62.3 Å². The number of allylic oxidation sites excluding steroid dienone is 2. The van der Waals surface area contributed by atoms with Gasteiger partial charge in [-0.05, 0) is 39.7 Å². The zero-order chi connectivity index (χ0) is 21.9. The van der Waals surface area contributed by atoms with Crippen LogP contribution >= 0.6 is 0 Å². The monoisotopic (exact) mass is 414 g/mol. The van der Waals surface area contributed by atoms with Gasteiger partial charge in [0.25, 0.3) is 0 Å². The summed E-state index contributed by atoms with van der Waals surface area (Å²) in [7, 11) is 0. The van der Waals surface area contributed by atoms with Crippen molar-refractivity contribution in [1.82, 2.24) is 9.80 Å². The lowest BCUT2D eigenvalue weighted by atomic mass is 9.87. The second-order valence-electron chi connectivity index (χ2n) is 8.87. The maximum Gasteiger partial charge on any atom is 0.410 e. The molecule has 1 aliphatic carbocycles. The van der Waals surface area contributed by atoms with E-state index in [2.05, 4.69) is 4.90 Å². The highest BCUT2D eigenvalue weighted by Crippen LogP contribution is 2.24. The number of aliphatic hydroxyl groups is 1. The Balaban J connectivity index is 1.45. The molecule has 3 rings (SSSR count). The zero-order valence-electron chi connectivity index (χ0n) is 17.9. The maximum atomic E-state index is 12.6. The molecule has 1 atom stereocenters. The number of hydrogen-bond donors (Lipinski definition) is 1. The molecule has 1 fully saturated rings. The molecule has 7 nitrogen and oxygen atoms in total. The van der Waals surface area contributed by atoms with Crippen LogP contribution in [0.4, 0.5) is 4.79 Å². The molecule has 7 heteroatoms. The molecule has 162 valence electrons. The molecule has 1 unspecified atom stereocenters. The van der Waals surface area contributed by atoms with Crippen molar-refractivity contribution in [1.29, 1.82) is 0 Å². The molecule has 1 heterocycles. The minimum absolute atomic E-state index is 0.136. The maximum absolute atomic E-state index is 12.6. The van der Waals surface area contributed by atoms with Crippen LogP contribution in [0.2, 0.25) is 0 Å². The van der Waals surface area contributed by atoms with E-state index in [4.69, 9.17) is 4.74 Å². The molecular formula is C23H30N2O5. The van der Waals surface area contributed by atoms with Gasteiger partial charge >= 0.3 is 6.09 Å². The third kappa shape index (κ3) is 5.55. The summed E-state index contributed by atoms with van der Waals surface area (Å²) in [6, 6.07) is 6.83. The summed E-state index contributed by atoms with van der Waals surface area (Å²) in [5, 5.41) is 10.4. The third-order valence-corrected chi connectivity index (χ3v) is 5.27. The Morgan fingerprint density at radius 1 is 1.10 bits per heavy atom. The number of hydrogen-bond acceptors (Lipinski definition) is 6. The van der Waals surface area contributed by atoms with E-state index in [1.165, 1.54) is 6.08 Å². The van der Waals surface area contributed by atoms with Crippen LogP contribution in [0.25, 0.3) is 0 Å². The highest BCUT2D eigenvalue weighted by atomic mass is 16.6. The van der Waals surface area contributed by atoms with Crippen LogP contribution in [-0.4, -0.2) is 77.0 Å². The zero-order valence-corrected chi connectivity index (χ0v) is 17.9. The van der Waals surface area contributed by atoms with Crippen molar-refractivity contribution in [2.45, 2.75) is 45.3 Å². The fourth-order valence-electron chi connectivity index (χ4n) is 3.71. The van der Waals surface area contributed by atoms with Crippen molar-refractivity contribution in [3.05, 3.63) is 47.0 Å². The summed E-state index contributed by atoms with van der Waals surface area (Å²) >= 11 is 0. The van der Waals surface area contributed by atoms with Gasteiger partial charge in [0.2, 0.25) is 0 Å². The van der Waals surface area contributed by atoms with Gasteiger partial charge in [0.15, 0.2) is 11.6 Å². The molecule has 0 radical (unpaired) electrons. The second kappa shape index (κ2) is 9.10. The fraction of sp³-hybridized carbons (Fsp3) is 0.522. The van der Waals surface area contributed by atoms with Gasteiger partial charge in [-0.25, -0.2) is 4.79 Å². The first-order chi connectivity index (χ1) is 14.1. The van der Waals surface area contributed by atoms with Gasteiger partial charge in [0.1, 0.15) is 5.60 Å². The SMILES string of the molecule is CC(C)(C)OC(=O)N1CCN(CC(O)CCC2=CC(=O)c3ccccc3C2=O)CC1. The molecule has 30 heavy (non-hydrogen) atoms. The molecule has 0 aromatic heterocycles. The third-order valence-electron chi connectivity index (χ3n) is 5.27. The smallest absolute Gasteiger partial charge is 0.410 e. The van der Waals surface area contributed by atoms with Crippen LogP contribution < -0.4 is 0 Å². The number of amides is 1. The predicted octanol–water partition coefficient (Wildman–Crippen LogP) is 2.69. The topological polar surface area (TPSA) is 87.2 Å². The summed E-state index contributed by atoms with van der Waals surface area (Å²) in [6.45, 7) is 8.41. The number of ketones is 2. The Bertz CT molecular complexity index is 847. The van der Waals surface area contributed by atoms with Gasteiger partial charge in [0.05, 0.1) is 6.10 Å². The van der Waals surface area contributed by atoms with Gasteiger partial charge in [0, 0.05) is 49.4 Å². The molecule has 1 saturated heterocycles. The standard InChI is InChI=1S/C23H30N2O5/c1-23(2,3)30-22(29)25-12-10-24(11-13-25)15-17(26)9-8-16-14-20(27)18-6-4-5-7-19(18)21(16)28/h4-7,14,17,26H,8-13,15H2,1-3H3. The molecule has 1 aromatic carbocycles. The lowest BCUT2D eigenvalue weighted by Crippen LogP contribution is -2.51. The Labute approximate surface area is 177 Å². The number of rotatable bonds is 5. The van der Waals surface area contributed by atoms with Crippen molar-refractivity contribution in [2.24, 2.45) is 0 Å². The van der Waals surface area contributed by atoms with Crippen LogP contribution in [0, 0.1) is 0 Å². The Kier molecular flexibility index (Phi) is 6.73. The van der Waals surface area contributed by atoms with Crippen molar-refractivity contribution in [3.63, 3.8) is 0 Å². The minimum atomic E-state index is -0.612. The first kappa shape index (κ1) is 22.2. The molecule has 2 aliphatic rings. The number of ether oxygens (including phenoxy) is 1. The largest absolute Gasteiger partial charge is 0.444 e. The van der Waals surface area contributed by atoms with Gasteiger partial charge in [-0.2, -0.15) is 0 Å². The Morgan fingerprint density at radius 2 is 1.73 bits per heavy atom. The molecule has 1 aliphatic heterocycles. The molecular weight excluding hydrogens is 384 g/mol. The predicted molar refractivity (Wildman–Crippen MR) is 113 cm³/mol. The molecule has 1 amide bonds. The van der Waals surface area contributed by atoms with E-state index in [1.54, 1.807) is 29.2 Å². The number of nitrogens with zero attached hydrogens (tertiary/aromatic N) is 2. The van der Waals surface area contributed by atoms with E-state index in [9.17, 15) is 19.5 Å². The van der Waals surface area contributed by atoms with Crippen molar-refractivity contribution < 1.29 is 24.2 Å². The number of Topliss-reactive ketones (excluding diaryl/α,β-unsaturated/α-hetero) is 1. The first-order valence-electron chi connectivity index (χ1n) is 10.4. The molecule has 1 aromatic rings. The van der Waals surface area contributed by atoms with E-state index < -0.39 is 11.7 Å². The normalized spacial score (nSPS) is 18.7. The van der Waals surface area contributed by atoms with Crippen LogP contribution in [0.3, 0.4) is 0 Å². The first-order valence-corrected chi connectivity index (χ1v) is 10.4. The van der Waals surface area contributed by atoms with Crippen LogP contribution in [-0.2, 0) is 4.74 Å². The fourth-order valence-corrected chi connectivity index (χ4v) is 3.71. The number of piperazine rings is 1. The van der Waals surface area contributed by atoms with Gasteiger partial charge in [-0.3, -0.25) is 14.5 Å². The molecule has 1 N–H and O–H groups in total. The number of fused-ring (bicyclic) bond motifs is 1. The Hall–Kier alpha value is -2.51. The van der Waals surface area contributed by atoms with E-state index >= 15 is 0 Å². The van der Waals surface area contributed by atoms with Crippen LogP contribution in [0.5, 0.6) is 0 Å². The quantitative estimate of drug-likeness (QED) is 0.797. The lowest BCUT2D eigenvalue weighted by molar-refractivity contribution is 0.00985. The average molecular weight is 415 g/mol. The summed E-state index contributed by atoms with van der Waals surface area (Å²) in [5.74, 6) is -0.295. The number of β-amino-alcohol motifs (C(OH)–C–C–N with tert-alkyl or cyclic N) is 1. The number of carbonyl (C=O) groups excluding carboxylic acids is 3. The summed E-state index contributed by atoms with van der Waals surface area (Å²) in [5.41, 5.74) is 0.812. The van der Waals surface area contributed by atoms with E-state index in [-0.39, 0.29) is 17.7 Å². The van der Waals surface area contributed by atoms with Gasteiger partial charge < -0.3 is 14.7 Å². The van der Waals surface area contributed by atoms with E-state index in [0.717, 1.165) is 0 Å². The molecule has 0 saturated carbocycles. The second-order valence-corrected chi connectivity index (χ2v) is 8.87. The molecule has 0 spiro atoms. The van der Waals surface area contributed by atoms with Gasteiger partial charge in [-0.15, -0.1) is 0 Å². The summed E-state index contributed by atoms with van der Waals surface area (Å²) in [4.78, 5) is 40.8. The average Bonchev–Trinajstić information content (AvgIpc) is 2.69. The lowest BCUT2D eigenvalue weighted by Gasteiger charge is -2.36. The highest BCUT2D eigenvalue weighted by molar-refractivity contribution is 6.24. The molecule has 0 bridgehead atoms. The number of benzene rings is 1. The summed E-state index contributed by atoms with van der Waals surface area (Å²) < 4.78 is 5.40. The van der Waals surface area contributed by atoms with Gasteiger partial charge in [-0.1, -0.05) is 24.3 Å². The van der Waals surface area contributed by atoms with E-state index in [1.807, 2.05) is 20.8 Å². The summed E-state index contributed by atoms with van der Waals surface area (Å²) in [6.07, 6.45) is 1.24. The van der Waals surface area contributed by atoms with Crippen molar-refractivity contribution in [3.8, 4) is 0 Å².